The Balaban J connectivity index is 1.97. The zero-order valence-corrected chi connectivity index (χ0v) is 11.1. The Morgan fingerprint density at radius 2 is 2.20 bits per heavy atom. The Hall–Kier alpha value is -2.41. The number of hydrogen-bond acceptors (Lipinski definition) is 6. The molecule has 2 aromatic rings. The molecule has 20 heavy (non-hydrogen) atoms. The zero-order valence-electron chi connectivity index (χ0n) is 11.1. The quantitative estimate of drug-likeness (QED) is 0.595. The molecule has 0 radical (unpaired) electrons. The molecule has 0 saturated carbocycles. The van der Waals surface area contributed by atoms with E-state index >= 15 is 0 Å². The van der Waals surface area contributed by atoms with Crippen molar-refractivity contribution >= 4 is 5.97 Å². The first-order valence-corrected chi connectivity index (χ1v) is 6.17. The molecule has 7 nitrogen and oxygen atoms in total. The van der Waals surface area contributed by atoms with E-state index in [-0.39, 0.29) is 0 Å². The van der Waals surface area contributed by atoms with E-state index in [4.69, 9.17) is 5.73 Å². The molecule has 7 heteroatoms. The van der Waals surface area contributed by atoms with Crippen LogP contribution in [-0.2, 0) is 16.1 Å². The number of ether oxygens (including phenoxy) is 1. The summed E-state index contributed by atoms with van der Waals surface area (Å²) in [5, 5.41) is 4.24. The number of nitrogens with zero attached hydrogens (tertiary/aromatic N) is 4. The van der Waals surface area contributed by atoms with Gasteiger partial charge < -0.3 is 10.5 Å². The van der Waals surface area contributed by atoms with Gasteiger partial charge in [0, 0.05) is 30.4 Å². The number of methoxy groups -OCH3 is 1. The SMILES string of the molecule is COC(=O)C(N)CC[n+]1ccc(-c2ncccn2)cn1. The molecular weight excluding hydrogens is 258 g/mol. The van der Waals surface area contributed by atoms with Gasteiger partial charge in [-0.15, -0.1) is 0 Å². The van der Waals surface area contributed by atoms with Gasteiger partial charge in [0.05, 0.1) is 7.11 Å². The van der Waals surface area contributed by atoms with Gasteiger partial charge in [-0.3, -0.25) is 4.79 Å². The molecule has 0 aliphatic rings. The number of esters is 1. The molecule has 0 fully saturated rings. The van der Waals surface area contributed by atoms with E-state index in [1.165, 1.54) is 7.11 Å². The van der Waals surface area contributed by atoms with Crippen LogP contribution in [0.5, 0.6) is 0 Å². The highest BCUT2D eigenvalue weighted by atomic mass is 16.5. The molecule has 2 aromatic heterocycles. The first-order valence-electron chi connectivity index (χ1n) is 6.17. The van der Waals surface area contributed by atoms with E-state index in [2.05, 4.69) is 19.8 Å². The van der Waals surface area contributed by atoms with Crippen molar-refractivity contribution in [3.63, 3.8) is 0 Å². The number of hydrogen-bond donors (Lipinski definition) is 1. The van der Waals surface area contributed by atoms with Crippen LogP contribution in [0.25, 0.3) is 11.4 Å². The summed E-state index contributed by atoms with van der Waals surface area (Å²) in [4.78, 5) is 19.5. The summed E-state index contributed by atoms with van der Waals surface area (Å²) < 4.78 is 6.27. The molecule has 1 unspecified atom stereocenters. The van der Waals surface area contributed by atoms with Crippen LogP contribution in [0.2, 0.25) is 0 Å². The summed E-state index contributed by atoms with van der Waals surface area (Å²) in [5.41, 5.74) is 6.49. The molecule has 0 aliphatic heterocycles. The Labute approximate surface area is 116 Å². The summed E-state index contributed by atoms with van der Waals surface area (Å²) in [7, 11) is 1.32. The molecule has 104 valence electrons. The lowest BCUT2D eigenvalue weighted by atomic mass is 10.2. The van der Waals surface area contributed by atoms with E-state index in [1.807, 2.05) is 6.07 Å². The number of aryl methyl sites for hydroxylation is 1. The number of carbonyl (C=O) groups excluding carboxylic acids is 1. The van der Waals surface area contributed by atoms with Crippen LogP contribution in [0, 0.1) is 0 Å². The van der Waals surface area contributed by atoms with E-state index in [9.17, 15) is 4.79 Å². The van der Waals surface area contributed by atoms with E-state index in [0.29, 0.717) is 18.8 Å². The molecule has 2 rings (SSSR count). The monoisotopic (exact) mass is 274 g/mol. The lowest BCUT2D eigenvalue weighted by Crippen LogP contribution is -2.42. The van der Waals surface area contributed by atoms with Crippen LogP contribution in [0.1, 0.15) is 6.42 Å². The maximum absolute atomic E-state index is 11.2. The first-order chi connectivity index (χ1) is 9.70. The minimum atomic E-state index is -0.633. The molecule has 2 heterocycles. The standard InChI is InChI=1S/C13H16N5O2/c1-20-13(19)11(14)4-8-18-7-3-10(9-17-18)12-15-5-2-6-16-12/h2-3,5-7,9,11H,4,8,14H2,1H3/q+1. The second kappa shape index (κ2) is 6.67. The molecule has 1 atom stereocenters. The second-order valence-electron chi connectivity index (χ2n) is 4.17. The highest BCUT2D eigenvalue weighted by molar-refractivity contribution is 5.75. The predicted octanol–water partition coefficient (Wildman–Crippen LogP) is -0.283. The average Bonchev–Trinajstić information content (AvgIpc) is 2.53. The van der Waals surface area contributed by atoms with Crippen LogP contribution < -0.4 is 10.4 Å². The third kappa shape index (κ3) is 3.55. The maximum atomic E-state index is 11.2. The Morgan fingerprint density at radius 3 is 2.80 bits per heavy atom. The van der Waals surface area contributed by atoms with Gasteiger partial charge in [0.25, 0.3) is 0 Å². The molecule has 0 bridgehead atoms. The molecule has 0 aliphatic carbocycles. The average molecular weight is 274 g/mol. The molecule has 2 N–H and O–H groups in total. The van der Waals surface area contributed by atoms with Crippen molar-refractivity contribution in [2.75, 3.05) is 7.11 Å². The molecule has 0 aromatic carbocycles. The predicted molar refractivity (Wildman–Crippen MR) is 70.1 cm³/mol. The van der Waals surface area contributed by atoms with Gasteiger partial charge in [-0.25, -0.2) is 9.97 Å². The fourth-order valence-corrected chi connectivity index (χ4v) is 1.64. The minimum absolute atomic E-state index is 0.417. The second-order valence-corrected chi connectivity index (χ2v) is 4.17. The van der Waals surface area contributed by atoms with Gasteiger partial charge >= 0.3 is 5.97 Å². The summed E-state index contributed by atoms with van der Waals surface area (Å²) in [5.74, 6) is 0.207. The first kappa shape index (κ1) is 14.0. The zero-order chi connectivity index (χ0) is 14.4. The summed E-state index contributed by atoms with van der Waals surface area (Å²) in [6.07, 6.45) is 7.30. The lowest BCUT2D eigenvalue weighted by Gasteiger charge is -2.05. The van der Waals surface area contributed by atoms with Crippen molar-refractivity contribution in [2.45, 2.75) is 19.0 Å². The van der Waals surface area contributed by atoms with Gasteiger partial charge in [0.1, 0.15) is 12.2 Å². The third-order valence-corrected chi connectivity index (χ3v) is 2.77. The van der Waals surface area contributed by atoms with Gasteiger partial charge in [0.2, 0.25) is 0 Å². The maximum Gasteiger partial charge on any atom is 0.322 e. The largest absolute Gasteiger partial charge is 0.468 e. The third-order valence-electron chi connectivity index (χ3n) is 2.77. The molecular formula is C13H16N5O2+. The minimum Gasteiger partial charge on any atom is -0.468 e. The van der Waals surface area contributed by atoms with Gasteiger partial charge in [-0.2, -0.15) is 0 Å². The highest BCUT2D eigenvalue weighted by Gasteiger charge is 2.16. The van der Waals surface area contributed by atoms with Crippen LogP contribution >= 0.6 is 0 Å². The van der Waals surface area contributed by atoms with Crippen LogP contribution in [0.3, 0.4) is 0 Å². The van der Waals surface area contributed by atoms with Crippen molar-refractivity contribution < 1.29 is 14.2 Å². The molecule has 0 amide bonds. The Kier molecular flexibility index (Phi) is 4.67. The van der Waals surface area contributed by atoms with Gasteiger partial charge in [-0.1, -0.05) is 4.68 Å². The van der Waals surface area contributed by atoms with Crippen molar-refractivity contribution in [2.24, 2.45) is 5.73 Å². The van der Waals surface area contributed by atoms with Gasteiger partial charge in [-0.05, 0) is 11.2 Å². The van der Waals surface area contributed by atoms with Crippen molar-refractivity contribution in [1.29, 1.82) is 0 Å². The molecule has 0 spiro atoms. The highest BCUT2D eigenvalue weighted by Crippen LogP contribution is 2.09. The fourth-order valence-electron chi connectivity index (χ4n) is 1.64. The number of rotatable bonds is 5. The van der Waals surface area contributed by atoms with Crippen LogP contribution in [-0.4, -0.2) is 34.2 Å². The smallest absolute Gasteiger partial charge is 0.322 e. The van der Waals surface area contributed by atoms with Crippen molar-refractivity contribution in [3.8, 4) is 11.4 Å². The summed E-state index contributed by atoms with van der Waals surface area (Å²) in [6, 6.07) is 2.99. The number of nitrogens with two attached hydrogens (primary N) is 1. The summed E-state index contributed by atoms with van der Waals surface area (Å²) in [6.45, 7) is 0.534. The topological polar surface area (TPSA) is 94.9 Å². The van der Waals surface area contributed by atoms with Crippen molar-refractivity contribution in [1.82, 2.24) is 15.1 Å². The van der Waals surface area contributed by atoms with E-state index in [0.717, 1.165) is 5.56 Å². The number of aromatic nitrogens is 4. The number of carbonyl (C=O) groups is 1. The molecule has 0 saturated heterocycles. The van der Waals surface area contributed by atoms with Crippen molar-refractivity contribution in [3.05, 3.63) is 36.9 Å². The van der Waals surface area contributed by atoms with Gasteiger partial charge in [0.15, 0.2) is 18.6 Å². The van der Waals surface area contributed by atoms with Crippen LogP contribution in [0.15, 0.2) is 36.9 Å². The summed E-state index contributed by atoms with van der Waals surface area (Å²) >= 11 is 0. The normalized spacial score (nSPS) is 11.9. The lowest BCUT2D eigenvalue weighted by molar-refractivity contribution is -0.754. The Morgan fingerprint density at radius 1 is 1.45 bits per heavy atom. The van der Waals surface area contributed by atoms with E-state index in [1.54, 1.807) is 35.5 Å². The Bertz CT molecular complexity index is 559. The van der Waals surface area contributed by atoms with Crippen LogP contribution in [0.4, 0.5) is 0 Å². The fraction of sp³-hybridized carbons (Fsp3) is 0.308. The van der Waals surface area contributed by atoms with E-state index < -0.39 is 12.0 Å².